The predicted octanol–water partition coefficient (Wildman–Crippen LogP) is 1.61. The number of hydrogen-bond acceptors (Lipinski definition) is 6. The highest BCUT2D eigenvalue weighted by Gasteiger charge is 2.39. The fourth-order valence-corrected chi connectivity index (χ4v) is 8.41. The number of carbonyl (C=O) groups is 1. The maximum Gasteiger partial charge on any atom is 0.237 e. The first-order valence-electron chi connectivity index (χ1n) is 13.2. The molecule has 4 aliphatic rings. The van der Waals surface area contributed by atoms with Gasteiger partial charge in [0.2, 0.25) is 15.9 Å². The van der Waals surface area contributed by atoms with Gasteiger partial charge in [-0.3, -0.25) is 4.79 Å². The number of nitrogens with one attached hydrogen (secondary N) is 3. The molecule has 0 aromatic rings. The number of amides is 1. The first-order chi connectivity index (χ1) is 16.0. The van der Waals surface area contributed by atoms with Crippen LogP contribution in [0.5, 0.6) is 0 Å². The van der Waals surface area contributed by atoms with Crippen molar-refractivity contribution in [1.82, 2.24) is 20.3 Å². The van der Waals surface area contributed by atoms with Crippen LogP contribution in [0, 0.1) is 11.8 Å². The third-order valence-electron chi connectivity index (χ3n) is 8.48. The maximum absolute atomic E-state index is 13.1. The highest BCUT2D eigenvalue weighted by molar-refractivity contribution is 7.89. The van der Waals surface area contributed by atoms with Gasteiger partial charge in [-0.05, 0) is 82.7 Å². The van der Waals surface area contributed by atoms with E-state index in [-0.39, 0.29) is 23.3 Å². The Labute approximate surface area is 200 Å². The molecule has 0 spiro atoms. The van der Waals surface area contributed by atoms with Crippen LogP contribution in [-0.4, -0.2) is 81.9 Å². The van der Waals surface area contributed by atoms with Crippen LogP contribution in [0.3, 0.4) is 0 Å². The second-order valence-electron chi connectivity index (χ2n) is 10.6. The lowest BCUT2D eigenvalue weighted by Crippen LogP contribution is -2.45. The summed E-state index contributed by atoms with van der Waals surface area (Å²) in [6, 6.07) is 0.464. The van der Waals surface area contributed by atoms with E-state index in [0.717, 1.165) is 83.8 Å². The van der Waals surface area contributed by atoms with Crippen molar-refractivity contribution in [2.24, 2.45) is 11.8 Å². The molecule has 0 bridgehead atoms. The summed E-state index contributed by atoms with van der Waals surface area (Å²) < 4.78 is 33.3. The number of hydrogen-bond donors (Lipinski definition) is 3. The van der Waals surface area contributed by atoms with Crippen molar-refractivity contribution < 1.29 is 17.9 Å². The zero-order valence-electron chi connectivity index (χ0n) is 20.3. The molecular formula is C24H44N4O4S. The Balaban J connectivity index is 1.09. The lowest BCUT2D eigenvalue weighted by atomic mass is 9.92. The SMILES string of the molecule is COC1CCCC(S(=O)(=O)N2CCC(CCCCNC(=O)C3CC4CNCCC4N3)CC2)C1. The van der Waals surface area contributed by atoms with Crippen LogP contribution in [0.25, 0.3) is 0 Å². The Morgan fingerprint density at radius 1 is 1.09 bits per heavy atom. The summed E-state index contributed by atoms with van der Waals surface area (Å²) in [4.78, 5) is 12.5. The van der Waals surface area contributed by atoms with Crippen LogP contribution in [0.1, 0.15) is 70.6 Å². The number of fused-ring (bicyclic) bond motifs is 1. The normalized spacial score (nSPS) is 34.2. The monoisotopic (exact) mass is 484 g/mol. The van der Waals surface area contributed by atoms with Gasteiger partial charge in [-0.15, -0.1) is 0 Å². The highest BCUT2D eigenvalue weighted by Crippen LogP contribution is 2.31. The summed E-state index contributed by atoms with van der Waals surface area (Å²) in [5.41, 5.74) is 0. The first-order valence-corrected chi connectivity index (χ1v) is 14.7. The van der Waals surface area contributed by atoms with E-state index in [1.54, 1.807) is 11.4 Å². The minimum absolute atomic E-state index is 0.0329. The Morgan fingerprint density at radius 2 is 1.91 bits per heavy atom. The van der Waals surface area contributed by atoms with Crippen molar-refractivity contribution in [3.05, 3.63) is 0 Å². The van der Waals surface area contributed by atoms with Gasteiger partial charge in [0, 0.05) is 32.8 Å². The van der Waals surface area contributed by atoms with Crippen LogP contribution >= 0.6 is 0 Å². The molecule has 3 N–H and O–H groups in total. The predicted molar refractivity (Wildman–Crippen MR) is 129 cm³/mol. The first kappa shape index (κ1) is 25.4. The summed E-state index contributed by atoms with van der Waals surface area (Å²) in [5.74, 6) is 1.34. The van der Waals surface area contributed by atoms with Crippen molar-refractivity contribution in [2.75, 3.05) is 39.8 Å². The van der Waals surface area contributed by atoms with E-state index < -0.39 is 10.0 Å². The lowest BCUT2D eigenvalue weighted by molar-refractivity contribution is -0.122. The molecule has 33 heavy (non-hydrogen) atoms. The van der Waals surface area contributed by atoms with Crippen LogP contribution in [0.15, 0.2) is 0 Å². The summed E-state index contributed by atoms with van der Waals surface area (Å²) >= 11 is 0. The quantitative estimate of drug-likeness (QED) is 0.430. The van der Waals surface area contributed by atoms with E-state index in [4.69, 9.17) is 4.74 Å². The Morgan fingerprint density at radius 3 is 2.67 bits per heavy atom. The van der Waals surface area contributed by atoms with E-state index in [2.05, 4.69) is 16.0 Å². The zero-order valence-corrected chi connectivity index (χ0v) is 21.1. The van der Waals surface area contributed by atoms with Gasteiger partial charge in [0.15, 0.2) is 0 Å². The van der Waals surface area contributed by atoms with E-state index in [0.29, 0.717) is 37.4 Å². The van der Waals surface area contributed by atoms with E-state index in [1.807, 2.05) is 0 Å². The Hall–Kier alpha value is -0.740. The van der Waals surface area contributed by atoms with Gasteiger partial charge in [-0.1, -0.05) is 12.8 Å². The summed E-state index contributed by atoms with van der Waals surface area (Å²) in [7, 11) is -1.52. The number of carbonyl (C=O) groups excluding carboxylic acids is 1. The molecule has 3 heterocycles. The van der Waals surface area contributed by atoms with Crippen LogP contribution in [-0.2, 0) is 19.6 Å². The Kier molecular flexibility index (Phi) is 9.06. The number of ether oxygens (including phenoxy) is 1. The highest BCUT2D eigenvalue weighted by atomic mass is 32.2. The van der Waals surface area contributed by atoms with Gasteiger partial charge in [-0.25, -0.2) is 12.7 Å². The van der Waals surface area contributed by atoms with E-state index in [9.17, 15) is 13.2 Å². The number of sulfonamides is 1. The Bertz CT molecular complexity index is 727. The molecule has 0 radical (unpaired) electrons. The number of methoxy groups -OCH3 is 1. The second-order valence-corrected chi connectivity index (χ2v) is 12.8. The van der Waals surface area contributed by atoms with Gasteiger partial charge in [0.25, 0.3) is 0 Å². The third-order valence-corrected chi connectivity index (χ3v) is 10.8. The molecule has 8 nitrogen and oxygen atoms in total. The van der Waals surface area contributed by atoms with Gasteiger partial charge < -0.3 is 20.7 Å². The van der Waals surface area contributed by atoms with Crippen LogP contribution in [0.2, 0.25) is 0 Å². The molecule has 4 rings (SSSR count). The van der Waals surface area contributed by atoms with E-state index in [1.165, 1.54) is 0 Å². The van der Waals surface area contributed by atoms with Crippen molar-refractivity contribution in [3.8, 4) is 0 Å². The van der Waals surface area contributed by atoms with Crippen molar-refractivity contribution in [1.29, 1.82) is 0 Å². The van der Waals surface area contributed by atoms with Crippen molar-refractivity contribution in [2.45, 2.75) is 94.1 Å². The largest absolute Gasteiger partial charge is 0.381 e. The molecule has 0 aromatic carbocycles. The van der Waals surface area contributed by atoms with Gasteiger partial charge in [-0.2, -0.15) is 0 Å². The molecule has 0 aromatic heterocycles. The minimum atomic E-state index is -3.21. The average molecular weight is 485 g/mol. The molecule has 190 valence electrons. The van der Waals surface area contributed by atoms with Crippen LogP contribution in [0.4, 0.5) is 0 Å². The average Bonchev–Trinajstić information content (AvgIpc) is 3.28. The van der Waals surface area contributed by atoms with Gasteiger partial charge in [0.1, 0.15) is 0 Å². The van der Waals surface area contributed by atoms with Crippen molar-refractivity contribution >= 4 is 15.9 Å². The molecule has 1 saturated carbocycles. The second kappa shape index (κ2) is 11.8. The fourth-order valence-electron chi connectivity index (χ4n) is 6.34. The van der Waals surface area contributed by atoms with Gasteiger partial charge in [0.05, 0.1) is 17.4 Å². The number of piperidine rings is 2. The smallest absolute Gasteiger partial charge is 0.237 e. The molecule has 9 heteroatoms. The molecule has 5 atom stereocenters. The molecule has 4 fully saturated rings. The standard InChI is InChI=1S/C24H44N4O4S/c1-32-20-6-4-7-21(16-20)33(30,31)28-13-9-18(10-14-28)5-2-3-11-26-24(29)23-15-19-17-25-12-8-22(19)27-23/h18-23,25,27H,2-17H2,1H3,(H,26,29). The summed E-state index contributed by atoms with van der Waals surface area (Å²) in [6.07, 6.45) is 10.6. The lowest BCUT2D eigenvalue weighted by Gasteiger charge is -2.36. The van der Waals surface area contributed by atoms with Crippen LogP contribution < -0.4 is 16.0 Å². The number of nitrogens with zero attached hydrogens (tertiary/aromatic N) is 1. The topological polar surface area (TPSA) is 99.8 Å². The molecule has 1 amide bonds. The summed E-state index contributed by atoms with van der Waals surface area (Å²) in [6.45, 7) is 4.11. The minimum Gasteiger partial charge on any atom is -0.381 e. The number of rotatable bonds is 9. The number of unbranched alkanes of at least 4 members (excludes halogenated alkanes) is 1. The maximum atomic E-state index is 13.1. The van der Waals surface area contributed by atoms with Crippen molar-refractivity contribution in [3.63, 3.8) is 0 Å². The molecule has 1 aliphatic carbocycles. The third kappa shape index (κ3) is 6.48. The molecule has 5 unspecified atom stereocenters. The molecule has 3 aliphatic heterocycles. The van der Waals surface area contributed by atoms with Gasteiger partial charge >= 0.3 is 0 Å². The summed E-state index contributed by atoms with van der Waals surface area (Å²) in [5, 5.41) is 9.79. The molecular weight excluding hydrogens is 440 g/mol. The zero-order chi connectivity index (χ0) is 23.3. The fraction of sp³-hybridized carbons (Fsp3) is 0.958. The molecule has 3 saturated heterocycles. The van der Waals surface area contributed by atoms with E-state index >= 15 is 0 Å².